The minimum atomic E-state index is -0.856. The van der Waals surface area contributed by atoms with Crippen LogP contribution in [0.15, 0.2) is 46.9 Å². The summed E-state index contributed by atoms with van der Waals surface area (Å²) in [7, 11) is 0. The number of nitrogens with one attached hydrogen (secondary N) is 1. The van der Waals surface area contributed by atoms with Gasteiger partial charge in [0.25, 0.3) is 0 Å². The van der Waals surface area contributed by atoms with Crippen molar-refractivity contribution >= 4 is 17.7 Å². The van der Waals surface area contributed by atoms with Gasteiger partial charge in [-0.2, -0.15) is 0 Å². The van der Waals surface area contributed by atoms with Crippen molar-refractivity contribution in [1.82, 2.24) is 5.32 Å². The van der Waals surface area contributed by atoms with E-state index < -0.39 is 5.97 Å². The quantitative estimate of drug-likeness (QED) is 0.444. The third-order valence-corrected chi connectivity index (χ3v) is 3.19. The average molecular weight is 251 g/mol. The molecule has 2 N–H and O–H groups in total. The summed E-state index contributed by atoms with van der Waals surface area (Å²) >= 11 is 1.79. The molecule has 3 nitrogen and oxygen atoms in total. The maximum Gasteiger partial charge on any atom is 0.330 e. The van der Waals surface area contributed by atoms with Gasteiger partial charge in [-0.25, -0.2) is 4.79 Å². The van der Waals surface area contributed by atoms with Crippen molar-refractivity contribution in [3.05, 3.63) is 42.0 Å². The Morgan fingerprint density at radius 2 is 2.12 bits per heavy atom. The van der Waals surface area contributed by atoms with Crippen molar-refractivity contribution < 1.29 is 9.90 Å². The van der Waals surface area contributed by atoms with Crippen LogP contribution in [0.5, 0.6) is 0 Å². The van der Waals surface area contributed by atoms with Crippen molar-refractivity contribution in [2.75, 3.05) is 18.8 Å². The molecule has 0 atom stereocenters. The molecule has 4 heteroatoms. The zero-order valence-corrected chi connectivity index (χ0v) is 10.7. The predicted octanol–water partition coefficient (Wildman–Crippen LogP) is 2.40. The number of hydrogen-bond donors (Lipinski definition) is 2. The van der Waals surface area contributed by atoms with E-state index in [2.05, 4.69) is 17.4 Å². The molecule has 0 aliphatic carbocycles. The number of carboxylic acids is 1. The number of hydrogen-bond acceptors (Lipinski definition) is 3. The summed E-state index contributed by atoms with van der Waals surface area (Å²) in [5.41, 5.74) is 0.383. The van der Waals surface area contributed by atoms with E-state index in [1.807, 2.05) is 18.2 Å². The van der Waals surface area contributed by atoms with Crippen LogP contribution < -0.4 is 5.32 Å². The normalized spacial score (nSPS) is 11.5. The fourth-order valence-corrected chi connectivity index (χ4v) is 2.00. The molecule has 0 bridgehead atoms. The first-order chi connectivity index (χ1) is 8.20. The molecule has 0 unspecified atom stereocenters. The lowest BCUT2D eigenvalue weighted by Crippen LogP contribution is -2.17. The molecule has 0 aliphatic rings. The third kappa shape index (κ3) is 6.14. The third-order valence-electron chi connectivity index (χ3n) is 2.18. The molecule has 92 valence electrons. The number of thioether (sulfide) groups is 1. The van der Waals surface area contributed by atoms with Crippen LogP contribution in [0.4, 0.5) is 0 Å². The summed E-state index contributed by atoms with van der Waals surface area (Å²) < 4.78 is 0. The van der Waals surface area contributed by atoms with Gasteiger partial charge in [0, 0.05) is 29.3 Å². The second kappa shape index (κ2) is 7.92. The molecule has 1 aromatic carbocycles. The van der Waals surface area contributed by atoms with Crippen LogP contribution in [0.1, 0.15) is 6.92 Å². The molecule has 0 aliphatic heterocycles. The van der Waals surface area contributed by atoms with Crippen LogP contribution in [0, 0.1) is 0 Å². The Labute approximate surface area is 106 Å². The van der Waals surface area contributed by atoms with Crippen LogP contribution in [0.3, 0.4) is 0 Å². The molecule has 0 aromatic heterocycles. The summed E-state index contributed by atoms with van der Waals surface area (Å²) in [5, 5.41) is 11.8. The first-order valence-electron chi connectivity index (χ1n) is 5.49. The van der Waals surface area contributed by atoms with Gasteiger partial charge in [-0.3, -0.25) is 0 Å². The molecule has 0 radical (unpaired) electrons. The fraction of sp³-hybridized carbons (Fsp3) is 0.308. The van der Waals surface area contributed by atoms with Crippen molar-refractivity contribution in [2.24, 2.45) is 0 Å². The summed E-state index contributed by atoms with van der Waals surface area (Å²) in [6.07, 6.45) is 1.69. The monoisotopic (exact) mass is 251 g/mol. The molecule has 1 rings (SSSR count). The van der Waals surface area contributed by atoms with E-state index in [-0.39, 0.29) is 0 Å². The van der Waals surface area contributed by atoms with Gasteiger partial charge in [0.1, 0.15) is 0 Å². The first kappa shape index (κ1) is 13.8. The molecule has 0 spiro atoms. The summed E-state index contributed by atoms with van der Waals surface area (Å²) in [4.78, 5) is 11.8. The van der Waals surface area contributed by atoms with E-state index in [1.54, 1.807) is 24.8 Å². The van der Waals surface area contributed by atoms with Crippen LogP contribution in [-0.4, -0.2) is 29.9 Å². The number of rotatable bonds is 7. The summed E-state index contributed by atoms with van der Waals surface area (Å²) in [5.74, 6) is 0.120. The van der Waals surface area contributed by atoms with Crippen LogP contribution >= 0.6 is 11.8 Å². The van der Waals surface area contributed by atoms with Gasteiger partial charge >= 0.3 is 5.97 Å². The van der Waals surface area contributed by atoms with E-state index >= 15 is 0 Å². The van der Waals surface area contributed by atoms with Crippen LogP contribution in [0.2, 0.25) is 0 Å². The zero-order valence-electron chi connectivity index (χ0n) is 9.85. The second-order valence-corrected chi connectivity index (χ2v) is 4.73. The topological polar surface area (TPSA) is 49.3 Å². The van der Waals surface area contributed by atoms with Crippen LogP contribution in [-0.2, 0) is 4.79 Å². The van der Waals surface area contributed by atoms with Gasteiger partial charge in [-0.05, 0) is 19.1 Å². The lowest BCUT2D eigenvalue weighted by molar-refractivity contribution is -0.132. The van der Waals surface area contributed by atoms with Gasteiger partial charge in [-0.15, -0.1) is 11.8 Å². The van der Waals surface area contributed by atoms with Crippen molar-refractivity contribution in [3.63, 3.8) is 0 Å². The van der Waals surface area contributed by atoms with E-state index in [9.17, 15) is 4.79 Å². The summed E-state index contributed by atoms with van der Waals surface area (Å²) in [6, 6.07) is 10.2. The smallest absolute Gasteiger partial charge is 0.330 e. The first-order valence-corrected chi connectivity index (χ1v) is 6.47. The Morgan fingerprint density at radius 1 is 1.41 bits per heavy atom. The van der Waals surface area contributed by atoms with E-state index in [0.29, 0.717) is 12.1 Å². The standard InChI is InChI=1S/C13H17NO2S/c1-11(13(15)16)7-8-14-9-10-17-12-5-3-2-4-6-12/h2-7,14H,8-10H2,1H3,(H,15,16)/b11-7-. The largest absolute Gasteiger partial charge is 0.478 e. The zero-order chi connectivity index (χ0) is 12.5. The Hall–Kier alpha value is -1.26. The van der Waals surface area contributed by atoms with Gasteiger partial charge in [-0.1, -0.05) is 24.3 Å². The highest BCUT2D eigenvalue weighted by atomic mass is 32.2. The van der Waals surface area contributed by atoms with Crippen molar-refractivity contribution in [1.29, 1.82) is 0 Å². The second-order valence-electron chi connectivity index (χ2n) is 3.56. The SMILES string of the molecule is C/C(=C/CNCCSc1ccccc1)C(=O)O. The minimum absolute atomic E-state index is 0.383. The number of carboxylic acid groups (broad SMARTS) is 1. The number of benzene rings is 1. The fourth-order valence-electron chi connectivity index (χ4n) is 1.17. The highest BCUT2D eigenvalue weighted by molar-refractivity contribution is 7.99. The maximum absolute atomic E-state index is 10.5. The van der Waals surface area contributed by atoms with Gasteiger partial charge in [0.2, 0.25) is 0 Å². The molecule has 1 aromatic rings. The van der Waals surface area contributed by atoms with E-state index in [4.69, 9.17) is 5.11 Å². The molecule has 0 fully saturated rings. The van der Waals surface area contributed by atoms with Crippen molar-refractivity contribution in [2.45, 2.75) is 11.8 Å². The number of aliphatic carboxylic acids is 1. The number of carbonyl (C=O) groups is 1. The molecule has 0 saturated carbocycles. The van der Waals surface area contributed by atoms with Crippen LogP contribution in [0.25, 0.3) is 0 Å². The predicted molar refractivity (Wildman–Crippen MR) is 71.4 cm³/mol. The summed E-state index contributed by atoms with van der Waals surface area (Å²) in [6.45, 7) is 3.07. The highest BCUT2D eigenvalue weighted by Crippen LogP contribution is 2.15. The van der Waals surface area contributed by atoms with Gasteiger partial charge in [0.05, 0.1) is 0 Å². The Kier molecular flexibility index (Phi) is 6.43. The lowest BCUT2D eigenvalue weighted by atomic mass is 10.3. The highest BCUT2D eigenvalue weighted by Gasteiger charge is 1.97. The van der Waals surface area contributed by atoms with Crippen molar-refractivity contribution in [3.8, 4) is 0 Å². The molecule has 0 saturated heterocycles. The minimum Gasteiger partial charge on any atom is -0.478 e. The van der Waals surface area contributed by atoms with E-state index in [1.165, 1.54) is 4.90 Å². The Morgan fingerprint density at radius 3 is 2.76 bits per heavy atom. The molecular weight excluding hydrogens is 234 g/mol. The molecule has 17 heavy (non-hydrogen) atoms. The molecular formula is C13H17NO2S. The van der Waals surface area contributed by atoms with Gasteiger partial charge in [0.15, 0.2) is 0 Å². The average Bonchev–Trinajstić information content (AvgIpc) is 2.34. The Bertz CT molecular complexity index is 376. The lowest BCUT2D eigenvalue weighted by Gasteiger charge is -2.02. The Balaban J connectivity index is 2.10. The molecule has 0 amide bonds. The maximum atomic E-state index is 10.5. The molecule has 0 heterocycles. The van der Waals surface area contributed by atoms with Gasteiger partial charge < -0.3 is 10.4 Å². The van der Waals surface area contributed by atoms with E-state index in [0.717, 1.165) is 12.3 Å².